The Hall–Kier alpha value is -2.38. The lowest BCUT2D eigenvalue weighted by molar-refractivity contribution is -0.151. The molecule has 0 fully saturated rings. The zero-order valence-electron chi connectivity index (χ0n) is 38.6. The first kappa shape index (κ1) is 53.6. The van der Waals surface area contributed by atoms with Gasteiger partial charge in [-0.05, 0) is 70.6 Å². The van der Waals surface area contributed by atoms with Crippen molar-refractivity contribution in [2.24, 2.45) is 0 Å². The third kappa shape index (κ3) is 26.7. The molecule has 0 saturated carbocycles. The van der Waals surface area contributed by atoms with E-state index in [1.54, 1.807) is 0 Å². The van der Waals surface area contributed by atoms with Gasteiger partial charge in [-0.1, -0.05) is 169 Å². The van der Waals surface area contributed by atoms with Crippen LogP contribution in [0, 0.1) is 0 Å². The summed E-state index contributed by atoms with van der Waals surface area (Å²) in [5.41, 5.74) is -0.550. The van der Waals surface area contributed by atoms with E-state index in [1.165, 1.54) is 103 Å². The molecule has 0 saturated heterocycles. The Balaban J connectivity index is 2.39. The highest BCUT2D eigenvalue weighted by Gasteiger charge is 2.26. The molecule has 0 aliphatic heterocycles. The molecule has 0 aromatic heterocycles. The predicted molar refractivity (Wildman–Crippen MR) is 244 cm³/mol. The van der Waals surface area contributed by atoms with Crippen LogP contribution < -0.4 is 20.5 Å². The SMILES string of the molecule is CCCCCCCCC(CCC)OC(=O)CCCCCCCN(CCCCCCCC(=O)OC(CCCCCCCC)CCCCCCCC)c1c(OC)c(=O)c1=O. The van der Waals surface area contributed by atoms with Gasteiger partial charge in [-0.3, -0.25) is 19.2 Å². The number of anilines is 1. The van der Waals surface area contributed by atoms with Crippen LogP contribution in [-0.4, -0.2) is 44.3 Å². The van der Waals surface area contributed by atoms with Gasteiger partial charge in [0.1, 0.15) is 17.9 Å². The molecule has 0 bridgehead atoms. The van der Waals surface area contributed by atoms with Gasteiger partial charge in [-0.2, -0.15) is 0 Å². The molecule has 0 radical (unpaired) electrons. The summed E-state index contributed by atoms with van der Waals surface area (Å²) >= 11 is 0. The summed E-state index contributed by atoms with van der Waals surface area (Å²) in [7, 11) is 1.46. The van der Waals surface area contributed by atoms with E-state index in [4.69, 9.17) is 14.2 Å². The maximum absolute atomic E-state index is 12.8. The summed E-state index contributed by atoms with van der Waals surface area (Å²) in [6.07, 6.45) is 38.1. The molecule has 58 heavy (non-hydrogen) atoms. The Morgan fingerprint density at radius 3 is 1.16 bits per heavy atom. The number of hydrogen-bond acceptors (Lipinski definition) is 8. The first-order valence-corrected chi connectivity index (χ1v) is 24.8. The average molecular weight is 818 g/mol. The molecule has 0 spiro atoms. The van der Waals surface area contributed by atoms with Crippen molar-refractivity contribution in [2.75, 3.05) is 25.1 Å². The van der Waals surface area contributed by atoms with E-state index in [2.05, 4.69) is 27.7 Å². The topological polar surface area (TPSA) is 99.2 Å². The van der Waals surface area contributed by atoms with Gasteiger partial charge in [0.2, 0.25) is 0 Å². The molecule has 8 heteroatoms. The number of nitrogens with zero attached hydrogens (tertiary/aromatic N) is 1. The number of ether oxygens (including phenoxy) is 3. The van der Waals surface area contributed by atoms with E-state index < -0.39 is 10.9 Å². The molecule has 8 nitrogen and oxygen atoms in total. The van der Waals surface area contributed by atoms with Crippen LogP contribution in [0.25, 0.3) is 0 Å². The zero-order valence-corrected chi connectivity index (χ0v) is 38.6. The summed E-state index contributed by atoms with van der Waals surface area (Å²) in [6, 6.07) is 0. The third-order valence-electron chi connectivity index (χ3n) is 11.8. The standard InChI is InChI=1S/C50H91NO7/c1-6-10-13-16-21-28-36-43(35-9-4)57-45(52)39-31-24-19-26-33-41-51(47-48(54)49(55)50(47)56-5)42-34-27-20-25-32-40-46(53)58-44(37-29-22-17-14-11-7-2)38-30-23-18-15-12-8-3/h43-44H,6-42H2,1-5H3. The molecule has 1 unspecified atom stereocenters. The molecule has 338 valence electrons. The number of methoxy groups -OCH3 is 1. The summed E-state index contributed by atoms with van der Waals surface area (Å²) in [5, 5.41) is 0. The second kappa shape index (κ2) is 37.6. The van der Waals surface area contributed by atoms with Gasteiger partial charge in [0, 0.05) is 25.9 Å². The van der Waals surface area contributed by atoms with Crippen LogP contribution in [0.4, 0.5) is 5.69 Å². The summed E-state index contributed by atoms with van der Waals surface area (Å²) in [4.78, 5) is 52.1. The highest BCUT2D eigenvalue weighted by Crippen LogP contribution is 2.24. The lowest BCUT2D eigenvalue weighted by atomic mass is 10.0. The number of esters is 2. The van der Waals surface area contributed by atoms with Crippen molar-refractivity contribution in [2.45, 2.75) is 265 Å². The van der Waals surface area contributed by atoms with Crippen LogP contribution in [0.5, 0.6) is 5.75 Å². The van der Waals surface area contributed by atoms with Crippen LogP contribution in [0.1, 0.15) is 252 Å². The normalized spacial score (nSPS) is 12.0. The minimum Gasteiger partial charge on any atom is -0.491 e. The first-order chi connectivity index (χ1) is 28.3. The molecule has 1 aromatic rings. The highest BCUT2D eigenvalue weighted by molar-refractivity contribution is 5.69. The van der Waals surface area contributed by atoms with Gasteiger partial charge in [0.25, 0.3) is 10.9 Å². The first-order valence-electron chi connectivity index (χ1n) is 24.8. The molecule has 0 amide bonds. The Bertz CT molecular complexity index is 1180. The molecular formula is C50H91NO7. The smallest absolute Gasteiger partial charge is 0.306 e. The maximum Gasteiger partial charge on any atom is 0.306 e. The summed E-state index contributed by atoms with van der Waals surface area (Å²) in [5.74, 6) is 0.0832. The fourth-order valence-electron chi connectivity index (χ4n) is 8.17. The molecule has 0 heterocycles. The zero-order chi connectivity index (χ0) is 42.5. The van der Waals surface area contributed by atoms with E-state index in [0.29, 0.717) is 31.6 Å². The Kier molecular flexibility index (Phi) is 34.8. The minimum absolute atomic E-state index is 0.0420. The van der Waals surface area contributed by atoms with E-state index in [1.807, 2.05) is 4.90 Å². The second-order valence-corrected chi connectivity index (χ2v) is 17.2. The van der Waals surface area contributed by atoms with Crippen LogP contribution >= 0.6 is 0 Å². The van der Waals surface area contributed by atoms with Gasteiger partial charge in [-0.15, -0.1) is 0 Å². The van der Waals surface area contributed by atoms with E-state index in [0.717, 1.165) is 116 Å². The number of unbranched alkanes of at least 4 members (excludes halogenated alkanes) is 23. The molecule has 1 aromatic carbocycles. The van der Waals surface area contributed by atoms with Gasteiger partial charge in [0.15, 0.2) is 5.75 Å². The fraction of sp³-hybridized carbons (Fsp3) is 0.880. The lowest BCUT2D eigenvalue weighted by Gasteiger charge is -2.27. The Labute approximate surface area is 356 Å². The van der Waals surface area contributed by atoms with Crippen molar-refractivity contribution in [3.63, 3.8) is 0 Å². The van der Waals surface area contributed by atoms with Gasteiger partial charge < -0.3 is 19.1 Å². The van der Waals surface area contributed by atoms with Crippen molar-refractivity contribution < 1.29 is 23.8 Å². The molecule has 0 aliphatic carbocycles. The molecular weight excluding hydrogens is 727 g/mol. The van der Waals surface area contributed by atoms with Crippen molar-refractivity contribution in [1.82, 2.24) is 0 Å². The quantitative estimate of drug-likeness (QED) is 0.0365. The van der Waals surface area contributed by atoms with Gasteiger partial charge >= 0.3 is 11.9 Å². The number of rotatable bonds is 43. The molecule has 0 aliphatic rings. The van der Waals surface area contributed by atoms with E-state index >= 15 is 0 Å². The number of carbonyl (C=O) groups is 2. The molecule has 0 N–H and O–H groups in total. The van der Waals surface area contributed by atoms with Crippen molar-refractivity contribution >= 4 is 17.6 Å². The fourth-order valence-corrected chi connectivity index (χ4v) is 8.17. The van der Waals surface area contributed by atoms with Gasteiger partial charge in [0.05, 0.1) is 7.11 Å². The number of hydrogen-bond donors (Lipinski definition) is 0. The average Bonchev–Trinajstić information content (AvgIpc) is 3.21. The number of carbonyl (C=O) groups excluding carboxylic acids is 2. The van der Waals surface area contributed by atoms with Crippen LogP contribution in [0.3, 0.4) is 0 Å². The molecule has 1 atom stereocenters. The van der Waals surface area contributed by atoms with Crippen LogP contribution in [0.15, 0.2) is 9.59 Å². The van der Waals surface area contributed by atoms with Crippen molar-refractivity contribution in [3.8, 4) is 5.75 Å². The largest absolute Gasteiger partial charge is 0.491 e. The maximum atomic E-state index is 12.8. The van der Waals surface area contributed by atoms with Crippen molar-refractivity contribution in [3.05, 3.63) is 20.4 Å². The lowest BCUT2D eigenvalue weighted by Crippen LogP contribution is -2.42. The minimum atomic E-state index is -0.532. The summed E-state index contributed by atoms with van der Waals surface area (Å²) in [6.45, 7) is 10.3. The van der Waals surface area contributed by atoms with Gasteiger partial charge in [-0.25, -0.2) is 0 Å². The Morgan fingerprint density at radius 2 is 0.776 bits per heavy atom. The van der Waals surface area contributed by atoms with Crippen LogP contribution in [0.2, 0.25) is 0 Å². The van der Waals surface area contributed by atoms with Crippen molar-refractivity contribution in [1.29, 1.82) is 0 Å². The van der Waals surface area contributed by atoms with E-state index in [-0.39, 0.29) is 29.9 Å². The van der Waals surface area contributed by atoms with E-state index in [9.17, 15) is 19.2 Å². The Morgan fingerprint density at radius 1 is 0.431 bits per heavy atom. The monoisotopic (exact) mass is 818 g/mol. The molecule has 1 rings (SSSR count). The third-order valence-corrected chi connectivity index (χ3v) is 11.8. The summed E-state index contributed by atoms with van der Waals surface area (Å²) < 4.78 is 17.2. The van der Waals surface area contributed by atoms with Crippen LogP contribution in [-0.2, 0) is 19.1 Å². The second-order valence-electron chi connectivity index (χ2n) is 17.2. The predicted octanol–water partition coefficient (Wildman–Crippen LogP) is 13.7. The highest BCUT2D eigenvalue weighted by atomic mass is 16.5.